The molecule has 1 heterocycles. The van der Waals surface area contributed by atoms with Crippen molar-refractivity contribution in [2.75, 3.05) is 23.2 Å². The molecule has 0 aliphatic heterocycles. The Morgan fingerprint density at radius 1 is 1.32 bits per heavy atom. The highest BCUT2D eigenvalue weighted by Crippen LogP contribution is 2.18. The van der Waals surface area contributed by atoms with Crippen molar-refractivity contribution >= 4 is 21.5 Å². The first-order valence-electron chi connectivity index (χ1n) is 6.50. The molecular weight excluding hydrogens is 310 g/mol. The van der Waals surface area contributed by atoms with Gasteiger partial charge in [0.15, 0.2) is 5.82 Å². The molecule has 0 amide bonds. The number of rotatable bonds is 7. The van der Waals surface area contributed by atoms with Crippen LogP contribution in [0.3, 0.4) is 0 Å². The van der Waals surface area contributed by atoms with Crippen molar-refractivity contribution in [1.82, 2.24) is 5.16 Å². The molecule has 2 aromatic rings. The van der Waals surface area contributed by atoms with E-state index in [0.717, 1.165) is 0 Å². The number of benzene rings is 1. The summed E-state index contributed by atoms with van der Waals surface area (Å²) < 4.78 is 31.4. The molecule has 0 fully saturated rings. The number of hydrogen-bond acceptors (Lipinski definition) is 7. The third kappa shape index (κ3) is 4.20. The molecule has 0 aliphatic carbocycles. The van der Waals surface area contributed by atoms with Gasteiger partial charge in [0.2, 0.25) is 0 Å². The molecule has 9 heteroatoms. The van der Waals surface area contributed by atoms with Gasteiger partial charge in [-0.15, -0.1) is 0 Å². The van der Waals surface area contributed by atoms with E-state index in [4.69, 9.17) is 9.63 Å². The Morgan fingerprint density at radius 2 is 2.00 bits per heavy atom. The van der Waals surface area contributed by atoms with Crippen LogP contribution >= 0.6 is 0 Å². The number of aliphatic hydroxyl groups is 2. The Hall–Kier alpha value is -2.10. The molecule has 22 heavy (non-hydrogen) atoms. The summed E-state index contributed by atoms with van der Waals surface area (Å²) >= 11 is 0. The molecule has 1 unspecified atom stereocenters. The van der Waals surface area contributed by atoms with Crippen molar-refractivity contribution in [1.29, 1.82) is 0 Å². The van der Waals surface area contributed by atoms with Gasteiger partial charge in [0.1, 0.15) is 5.76 Å². The Balaban J connectivity index is 2.05. The number of nitrogens with zero attached hydrogens (tertiary/aromatic N) is 1. The van der Waals surface area contributed by atoms with Crippen LogP contribution in [0, 0.1) is 6.92 Å². The quantitative estimate of drug-likeness (QED) is 0.585. The fraction of sp³-hybridized carbons (Fsp3) is 0.308. The molecule has 2 rings (SSSR count). The lowest BCUT2D eigenvalue weighted by atomic mass is 10.3. The van der Waals surface area contributed by atoms with Crippen LogP contribution in [0.4, 0.5) is 11.5 Å². The highest BCUT2D eigenvalue weighted by atomic mass is 32.2. The number of aromatic nitrogens is 1. The number of hydrogen-bond donors (Lipinski definition) is 4. The maximum absolute atomic E-state index is 12.1. The first-order chi connectivity index (χ1) is 10.4. The number of nitrogens with one attached hydrogen (secondary N) is 2. The van der Waals surface area contributed by atoms with E-state index in [-0.39, 0.29) is 23.9 Å². The topological polar surface area (TPSA) is 125 Å². The molecule has 0 radical (unpaired) electrons. The molecule has 8 nitrogen and oxygen atoms in total. The summed E-state index contributed by atoms with van der Waals surface area (Å²) in [5.41, 5.74) is 0.628. The van der Waals surface area contributed by atoms with Gasteiger partial charge < -0.3 is 20.1 Å². The predicted octanol–water partition coefficient (Wildman–Crippen LogP) is 0.549. The fourth-order valence-corrected chi connectivity index (χ4v) is 2.65. The van der Waals surface area contributed by atoms with Crippen LogP contribution in [0.15, 0.2) is 39.8 Å². The molecule has 0 saturated carbocycles. The number of anilines is 2. The number of aliphatic hydroxyl groups excluding tert-OH is 2. The maximum Gasteiger partial charge on any atom is 0.263 e. The van der Waals surface area contributed by atoms with Crippen LogP contribution in [0.1, 0.15) is 5.76 Å². The molecule has 0 aliphatic rings. The minimum absolute atomic E-state index is 0.0707. The SMILES string of the molecule is Cc1cc(NS(=O)(=O)c2ccc(NCC(O)CO)cc2)no1. The zero-order valence-corrected chi connectivity index (χ0v) is 12.7. The van der Waals surface area contributed by atoms with E-state index in [0.29, 0.717) is 11.4 Å². The second-order valence-electron chi connectivity index (χ2n) is 4.67. The molecular formula is C13H17N3O5S. The van der Waals surface area contributed by atoms with Gasteiger partial charge in [-0.1, -0.05) is 5.16 Å². The van der Waals surface area contributed by atoms with Crippen LogP contribution in [-0.4, -0.2) is 43.0 Å². The lowest BCUT2D eigenvalue weighted by Crippen LogP contribution is -2.22. The van der Waals surface area contributed by atoms with Gasteiger partial charge in [0.05, 0.1) is 17.6 Å². The molecule has 1 atom stereocenters. The average Bonchev–Trinajstić information content (AvgIpc) is 2.89. The van der Waals surface area contributed by atoms with Gasteiger partial charge >= 0.3 is 0 Å². The maximum atomic E-state index is 12.1. The predicted molar refractivity (Wildman–Crippen MR) is 80.1 cm³/mol. The Kier molecular flexibility index (Phi) is 5.01. The minimum atomic E-state index is -3.74. The van der Waals surface area contributed by atoms with Crippen molar-refractivity contribution in [2.24, 2.45) is 0 Å². The summed E-state index contributed by atoms with van der Waals surface area (Å²) in [6.45, 7) is 1.48. The van der Waals surface area contributed by atoms with Crippen LogP contribution in [0.2, 0.25) is 0 Å². The third-order valence-electron chi connectivity index (χ3n) is 2.78. The lowest BCUT2D eigenvalue weighted by molar-refractivity contribution is 0.105. The largest absolute Gasteiger partial charge is 0.394 e. The van der Waals surface area contributed by atoms with Crippen molar-refractivity contribution < 1.29 is 23.2 Å². The van der Waals surface area contributed by atoms with Gasteiger partial charge in [0.25, 0.3) is 10.0 Å². The Morgan fingerprint density at radius 3 is 2.55 bits per heavy atom. The Bertz CT molecular complexity index is 712. The summed E-state index contributed by atoms with van der Waals surface area (Å²) in [4.78, 5) is 0.0707. The van der Waals surface area contributed by atoms with Gasteiger partial charge in [-0.25, -0.2) is 8.42 Å². The third-order valence-corrected chi connectivity index (χ3v) is 4.15. The monoisotopic (exact) mass is 327 g/mol. The average molecular weight is 327 g/mol. The zero-order chi connectivity index (χ0) is 16.2. The smallest absolute Gasteiger partial charge is 0.263 e. The minimum Gasteiger partial charge on any atom is -0.394 e. The molecule has 0 bridgehead atoms. The Labute approximate surface area is 127 Å². The summed E-state index contributed by atoms with van der Waals surface area (Å²) in [5.74, 6) is 0.616. The standard InChI is InChI=1S/C13H17N3O5S/c1-9-6-13(15-21-9)16-22(19,20)12-4-2-10(3-5-12)14-7-11(18)8-17/h2-6,11,14,17-18H,7-8H2,1H3,(H,15,16). The van der Waals surface area contributed by atoms with Crippen LogP contribution in [0.5, 0.6) is 0 Å². The zero-order valence-electron chi connectivity index (χ0n) is 11.9. The molecule has 0 saturated heterocycles. The van der Waals surface area contributed by atoms with E-state index < -0.39 is 16.1 Å². The van der Waals surface area contributed by atoms with E-state index in [1.807, 2.05) is 0 Å². The van der Waals surface area contributed by atoms with Crippen LogP contribution in [-0.2, 0) is 10.0 Å². The fourth-order valence-electron chi connectivity index (χ4n) is 1.66. The second-order valence-corrected chi connectivity index (χ2v) is 6.35. The molecule has 1 aromatic carbocycles. The van der Waals surface area contributed by atoms with Gasteiger partial charge in [-0.05, 0) is 31.2 Å². The number of aryl methyl sites for hydroxylation is 1. The molecule has 120 valence electrons. The van der Waals surface area contributed by atoms with Crippen LogP contribution in [0.25, 0.3) is 0 Å². The van der Waals surface area contributed by atoms with E-state index in [2.05, 4.69) is 15.2 Å². The van der Waals surface area contributed by atoms with E-state index in [1.54, 1.807) is 19.1 Å². The molecule has 4 N–H and O–H groups in total. The first-order valence-corrected chi connectivity index (χ1v) is 7.98. The normalized spacial score (nSPS) is 12.9. The first kappa shape index (κ1) is 16.3. The van der Waals surface area contributed by atoms with Crippen molar-refractivity contribution in [3.05, 3.63) is 36.1 Å². The van der Waals surface area contributed by atoms with Crippen molar-refractivity contribution in [3.8, 4) is 0 Å². The van der Waals surface area contributed by atoms with Gasteiger partial charge in [-0.2, -0.15) is 0 Å². The summed E-state index contributed by atoms with van der Waals surface area (Å²) in [5, 5.41) is 24.4. The van der Waals surface area contributed by atoms with Gasteiger partial charge in [0, 0.05) is 18.3 Å². The number of sulfonamides is 1. The second kappa shape index (κ2) is 6.77. The van der Waals surface area contributed by atoms with Crippen molar-refractivity contribution in [3.63, 3.8) is 0 Å². The van der Waals surface area contributed by atoms with E-state index >= 15 is 0 Å². The van der Waals surface area contributed by atoms with E-state index in [9.17, 15) is 13.5 Å². The molecule has 0 spiro atoms. The summed E-state index contributed by atoms with van der Waals surface area (Å²) in [6.07, 6.45) is -0.875. The highest BCUT2D eigenvalue weighted by Gasteiger charge is 2.16. The summed E-state index contributed by atoms with van der Waals surface area (Å²) in [6, 6.07) is 7.44. The van der Waals surface area contributed by atoms with Crippen molar-refractivity contribution in [2.45, 2.75) is 17.9 Å². The van der Waals surface area contributed by atoms with E-state index in [1.165, 1.54) is 18.2 Å². The molecule has 1 aromatic heterocycles. The highest BCUT2D eigenvalue weighted by molar-refractivity contribution is 7.92. The van der Waals surface area contributed by atoms with Crippen LogP contribution < -0.4 is 10.0 Å². The summed E-state index contributed by atoms with van der Waals surface area (Å²) in [7, 11) is -3.74. The van der Waals surface area contributed by atoms with Gasteiger partial charge in [-0.3, -0.25) is 4.72 Å². The lowest BCUT2D eigenvalue weighted by Gasteiger charge is -2.11.